The summed E-state index contributed by atoms with van der Waals surface area (Å²) in [4.78, 5) is 14.0. The molecule has 1 atom stereocenters. The number of amides is 1. The van der Waals surface area contributed by atoms with Gasteiger partial charge in [0.2, 0.25) is 0 Å². The molecule has 1 amide bonds. The zero-order valence-corrected chi connectivity index (χ0v) is 10.1. The van der Waals surface area contributed by atoms with Gasteiger partial charge < -0.3 is 9.32 Å². The summed E-state index contributed by atoms with van der Waals surface area (Å²) < 4.78 is 5.38. The summed E-state index contributed by atoms with van der Waals surface area (Å²) in [5, 5.41) is 0.284. The first-order chi connectivity index (χ1) is 7.09. The van der Waals surface area contributed by atoms with E-state index in [0.717, 1.165) is 23.8 Å². The molecular formula is C11H15NO2S. The van der Waals surface area contributed by atoms with Crippen molar-refractivity contribution in [2.75, 3.05) is 12.3 Å². The molecule has 2 heterocycles. The molecule has 1 aliphatic rings. The second-order valence-electron chi connectivity index (χ2n) is 3.80. The van der Waals surface area contributed by atoms with Gasteiger partial charge in [0.15, 0.2) is 0 Å². The number of nitrogens with zero attached hydrogens (tertiary/aromatic N) is 1. The van der Waals surface area contributed by atoms with E-state index in [1.165, 1.54) is 0 Å². The highest BCUT2D eigenvalue weighted by atomic mass is 32.2. The highest BCUT2D eigenvalue weighted by Crippen LogP contribution is 2.26. The van der Waals surface area contributed by atoms with Gasteiger partial charge in [-0.2, -0.15) is 0 Å². The minimum atomic E-state index is 0.0989. The maximum absolute atomic E-state index is 12.1. The fourth-order valence-corrected chi connectivity index (χ4v) is 2.88. The molecular weight excluding hydrogens is 210 g/mol. The van der Waals surface area contributed by atoms with Crippen molar-refractivity contribution in [3.8, 4) is 0 Å². The standard InChI is InChI=1S/C11H15NO2S/c1-7-6-10(8(2)14-7)11(13)12-4-5-15-9(12)3/h6,9H,4-5H2,1-3H3. The third-order valence-electron chi connectivity index (χ3n) is 2.66. The van der Waals surface area contributed by atoms with Gasteiger partial charge in [0.25, 0.3) is 5.91 Å². The average molecular weight is 225 g/mol. The fraction of sp³-hybridized carbons (Fsp3) is 0.545. The monoisotopic (exact) mass is 225 g/mol. The minimum absolute atomic E-state index is 0.0989. The van der Waals surface area contributed by atoms with E-state index in [1.807, 2.05) is 36.6 Å². The molecule has 1 saturated heterocycles. The van der Waals surface area contributed by atoms with Crippen molar-refractivity contribution < 1.29 is 9.21 Å². The lowest BCUT2D eigenvalue weighted by atomic mass is 10.2. The Balaban J connectivity index is 2.24. The number of aryl methyl sites for hydroxylation is 2. The van der Waals surface area contributed by atoms with Crippen LogP contribution in [0, 0.1) is 13.8 Å². The van der Waals surface area contributed by atoms with Crippen molar-refractivity contribution in [1.82, 2.24) is 4.90 Å². The minimum Gasteiger partial charge on any atom is -0.466 e. The van der Waals surface area contributed by atoms with Crippen LogP contribution in [0.25, 0.3) is 0 Å². The Hall–Kier alpha value is -0.900. The molecule has 0 saturated carbocycles. The molecule has 0 spiro atoms. The molecule has 0 N–H and O–H groups in total. The molecule has 1 aromatic rings. The molecule has 0 bridgehead atoms. The summed E-state index contributed by atoms with van der Waals surface area (Å²) in [6.07, 6.45) is 0. The van der Waals surface area contributed by atoms with Gasteiger partial charge in [-0.3, -0.25) is 4.79 Å². The molecule has 82 valence electrons. The number of carbonyl (C=O) groups is 1. The number of hydrogen-bond donors (Lipinski definition) is 0. The van der Waals surface area contributed by atoms with E-state index in [9.17, 15) is 4.79 Å². The van der Waals surface area contributed by atoms with Crippen LogP contribution < -0.4 is 0 Å². The van der Waals surface area contributed by atoms with Gasteiger partial charge in [0.1, 0.15) is 11.5 Å². The van der Waals surface area contributed by atoms with Crippen molar-refractivity contribution in [3.63, 3.8) is 0 Å². The molecule has 1 unspecified atom stereocenters. The summed E-state index contributed by atoms with van der Waals surface area (Å²) in [5.41, 5.74) is 0.710. The lowest BCUT2D eigenvalue weighted by Crippen LogP contribution is -2.33. The zero-order valence-electron chi connectivity index (χ0n) is 9.24. The van der Waals surface area contributed by atoms with Gasteiger partial charge in [0.05, 0.1) is 10.9 Å². The van der Waals surface area contributed by atoms with Crippen LogP contribution in [0.1, 0.15) is 28.8 Å². The SMILES string of the molecule is Cc1cc(C(=O)N2CCSC2C)c(C)o1. The van der Waals surface area contributed by atoms with Crippen LogP contribution in [0.15, 0.2) is 10.5 Å². The third-order valence-corrected chi connectivity index (χ3v) is 3.82. The maximum Gasteiger partial charge on any atom is 0.258 e. The summed E-state index contributed by atoms with van der Waals surface area (Å²) in [6, 6.07) is 1.83. The molecule has 15 heavy (non-hydrogen) atoms. The number of carbonyl (C=O) groups excluding carboxylic acids is 1. The van der Waals surface area contributed by atoms with Gasteiger partial charge >= 0.3 is 0 Å². The van der Waals surface area contributed by atoms with Crippen molar-refractivity contribution >= 4 is 17.7 Å². The van der Waals surface area contributed by atoms with Crippen LogP contribution in [-0.2, 0) is 0 Å². The molecule has 1 aromatic heterocycles. The van der Waals surface area contributed by atoms with E-state index in [-0.39, 0.29) is 11.3 Å². The topological polar surface area (TPSA) is 33.5 Å². The van der Waals surface area contributed by atoms with Gasteiger partial charge in [-0.05, 0) is 26.8 Å². The van der Waals surface area contributed by atoms with E-state index in [2.05, 4.69) is 6.92 Å². The second kappa shape index (κ2) is 3.93. The van der Waals surface area contributed by atoms with Crippen LogP contribution in [-0.4, -0.2) is 28.5 Å². The fourth-order valence-electron chi connectivity index (χ4n) is 1.86. The second-order valence-corrected chi connectivity index (χ2v) is 5.22. The molecule has 0 radical (unpaired) electrons. The first-order valence-electron chi connectivity index (χ1n) is 5.09. The first-order valence-corrected chi connectivity index (χ1v) is 6.14. The van der Waals surface area contributed by atoms with Crippen LogP contribution in [0.3, 0.4) is 0 Å². The van der Waals surface area contributed by atoms with Gasteiger partial charge in [-0.25, -0.2) is 0 Å². The highest BCUT2D eigenvalue weighted by molar-refractivity contribution is 8.00. The predicted octanol–water partition coefficient (Wildman–Crippen LogP) is 2.43. The normalized spacial score (nSPS) is 21.0. The number of furan rings is 1. The quantitative estimate of drug-likeness (QED) is 0.736. The van der Waals surface area contributed by atoms with Gasteiger partial charge in [0, 0.05) is 12.3 Å². The Morgan fingerprint density at radius 2 is 2.33 bits per heavy atom. The van der Waals surface area contributed by atoms with E-state index >= 15 is 0 Å². The predicted molar refractivity (Wildman–Crippen MR) is 61.1 cm³/mol. The smallest absolute Gasteiger partial charge is 0.258 e. The van der Waals surface area contributed by atoms with Crippen molar-refractivity contribution in [1.29, 1.82) is 0 Å². The van der Waals surface area contributed by atoms with Gasteiger partial charge in [-0.1, -0.05) is 0 Å². The Morgan fingerprint density at radius 1 is 1.60 bits per heavy atom. The number of thioether (sulfide) groups is 1. The molecule has 1 aliphatic heterocycles. The molecule has 3 nitrogen and oxygen atoms in total. The summed E-state index contributed by atoms with van der Waals surface area (Å²) in [7, 11) is 0. The third kappa shape index (κ3) is 1.91. The molecule has 2 rings (SSSR count). The number of hydrogen-bond acceptors (Lipinski definition) is 3. The van der Waals surface area contributed by atoms with E-state index in [0.29, 0.717) is 5.56 Å². The van der Waals surface area contributed by atoms with Gasteiger partial charge in [-0.15, -0.1) is 11.8 Å². The Morgan fingerprint density at radius 3 is 2.80 bits per heavy atom. The van der Waals surface area contributed by atoms with E-state index in [1.54, 1.807) is 0 Å². The number of rotatable bonds is 1. The van der Waals surface area contributed by atoms with E-state index in [4.69, 9.17) is 4.42 Å². The summed E-state index contributed by atoms with van der Waals surface area (Å²) >= 11 is 1.82. The van der Waals surface area contributed by atoms with Crippen LogP contribution in [0.2, 0.25) is 0 Å². The molecule has 1 fully saturated rings. The molecule has 4 heteroatoms. The lowest BCUT2D eigenvalue weighted by Gasteiger charge is -2.19. The van der Waals surface area contributed by atoms with Crippen LogP contribution in [0.5, 0.6) is 0 Å². The lowest BCUT2D eigenvalue weighted by molar-refractivity contribution is 0.0767. The Labute approximate surface area is 93.8 Å². The zero-order chi connectivity index (χ0) is 11.0. The van der Waals surface area contributed by atoms with E-state index < -0.39 is 0 Å². The Bertz CT molecular complexity index is 386. The van der Waals surface area contributed by atoms with Crippen molar-refractivity contribution in [2.45, 2.75) is 26.1 Å². The first kappa shape index (κ1) is 10.6. The van der Waals surface area contributed by atoms with Crippen LogP contribution in [0.4, 0.5) is 0 Å². The summed E-state index contributed by atoms with van der Waals surface area (Å²) in [5.74, 6) is 2.65. The van der Waals surface area contributed by atoms with Crippen molar-refractivity contribution in [2.24, 2.45) is 0 Å². The van der Waals surface area contributed by atoms with Crippen molar-refractivity contribution in [3.05, 3.63) is 23.2 Å². The highest BCUT2D eigenvalue weighted by Gasteiger charge is 2.28. The maximum atomic E-state index is 12.1. The Kier molecular flexibility index (Phi) is 2.78. The van der Waals surface area contributed by atoms with Crippen LogP contribution >= 0.6 is 11.8 Å². The summed E-state index contributed by atoms with van der Waals surface area (Å²) in [6.45, 7) is 6.62. The average Bonchev–Trinajstić information content (AvgIpc) is 2.71. The largest absolute Gasteiger partial charge is 0.466 e. The molecule has 0 aliphatic carbocycles. The molecule has 0 aromatic carbocycles.